The molecule has 3 aromatic carbocycles. The molecule has 0 unspecified atom stereocenters. The zero-order chi connectivity index (χ0) is 36.1. The lowest BCUT2D eigenvalue weighted by Crippen LogP contribution is -2.59. The van der Waals surface area contributed by atoms with Crippen molar-refractivity contribution in [3.8, 4) is 16.9 Å². The van der Waals surface area contributed by atoms with Gasteiger partial charge in [-0.05, 0) is 51.9 Å². The molecule has 0 radical (unpaired) electrons. The Balaban J connectivity index is 1.25. The van der Waals surface area contributed by atoms with E-state index in [-0.39, 0.29) is 13.0 Å². The number of hydrogen-bond acceptors (Lipinski definition) is 9. The number of hydrogen-bond donors (Lipinski definition) is 4. The number of likely N-dealkylation sites (N-methyl/N-ethyl adjacent to an activating group) is 1. The monoisotopic (exact) mass is 798 g/mol. The largest absolute Gasteiger partial charge is 0.495 e. The van der Waals surface area contributed by atoms with Crippen LogP contribution in [-0.2, 0) is 23.9 Å². The van der Waals surface area contributed by atoms with Crippen molar-refractivity contribution < 1.29 is 43.3 Å². The zero-order valence-corrected chi connectivity index (χ0v) is 29.3. The number of benzene rings is 3. The Labute approximate surface area is 300 Å². The quantitative estimate of drug-likeness (QED) is 0.198. The van der Waals surface area contributed by atoms with Gasteiger partial charge >= 0.3 is 12.1 Å². The molecule has 1 aliphatic heterocycles. The lowest BCUT2D eigenvalue weighted by Gasteiger charge is -2.35. The highest BCUT2D eigenvalue weighted by molar-refractivity contribution is 14.1. The fourth-order valence-electron chi connectivity index (χ4n) is 5.83. The lowest BCUT2D eigenvalue weighted by molar-refractivity contribution is -0.135. The van der Waals surface area contributed by atoms with Crippen molar-refractivity contribution in [2.45, 2.75) is 31.0 Å². The van der Waals surface area contributed by atoms with Gasteiger partial charge < -0.3 is 30.9 Å². The minimum atomic E-state index is -1.58. The van der Waals surface area contributed by atoms with Gasteiger partial charge in [-0.2, -0.15) is 0 Å². The summed E-state index contributed by atoms with van der Waals surface area (Å²) in [5.74, 6) is -3.02. The van der Waals surface area contributed by atoms with E-state index in [9.17, 15) is 33.9 Å². The van der Waals surface area contributed by atoms with Crippen LogP contribution in [0.25, 0.3) is 11.1 Å². The highest BCUT2D eigenvalue weighted by atomic mass is 127. The summed E-state index contributed by atoms with van der Waals surface area (Å²) >= 11 is 2.08. The van der Waals surface area contributed by atoms with Crippen molar-refractivity contribution in [1.82, 2.24) is 20.4 Å². The first-order valence-corrected chi connectivity index (χ1v) is 16.6. The van der Waals surface area contributed by atoms with Gasteiger partial charge in [-0.15, -0.1) is 0 Å². The van der Waals surface area contributed by atoms with E-state index >= 15 is 0 Å². The number of nitrogens with one attached hydrogen (secondary N) is 2. The van der Waals surface area contributed by atoms with Crippen molar-refractivity contribution in [2.75, 3.05) is 38.9 Å². The van der Waals surface area contributed by atoms with Gasteiger partial charge in [-0.25, -0.2) is 14.5 Å². The first kappa shape index (κ1) is 36.1. The molecule has 15 nitrogen and oxygen atoms in total. The maximum Gasteiger partial charge on any atom is 0.411 e. The number of halogens is 1. The molecule has 262 valence electrons. The first-order chi connectivity index (χ1) is 23.9. The molecular formula is C34H35IN6O9. The van der Waals surface area contributed by atoms with Crippen LogP contribution in [0.15, 0.2) is 66.7 Å². The summed E-state index contributed by atoms with van der Waals surface area (Å²) < 4.78 is 12.0. The Kier molecular flexibility index (Phi) is 11.2. The molecular weight excluding hydrogens is 763 g/mol. The number of primary amides is 1. The number of methoxy groups -OCH3 is 1. The number of fused-ring (bicyclic) bond motifs is 3. The summed E-state index contributed by atoms with van der Waals surface area (Å²) in [5.41, 5.74) is 9.10. The van der Waals surface area contributed by atoms with Crippen LogP contribution in [0.2, 0.25) is 0 Å². The van der Waals surface area contributed by atoms with E-state index in [1.165, 1.54) is 19.1 Å². The number of nitrogens with zero attached hydrogens (tertiary/aromatic N) is 3. The molecule has 0 spiro atoms. The Morgan fingerprint density at radius 2 is 1.66 bits per heavy atom. The third-order valence-electron chi connectivity index (χ3n) is 8.42. The van der Waals surface area contributed by atoms with Crippen LogP contribution >= 0.6 is 22.6 Å². The molecule has 3 aromatic rings. The lowest BCUT2D eigenvalue weighted by atomic mass is 10.1. The Bertz CT molecular complexity index is 1790. The number of ether oxygens (including phenoxy) is 2. The van der Waals surface area contributed by atoms with Gasteiger partial charge in [-0.1, -0.05) is 48.5 Å². The SMILES string of the molecule is COc1ccc(I)cc1N1CCC(=O)N(CNC(=O)[C@H](CC(N)=O)NC(=O)[C@H](CO)N(C)C(=O)OC2c3ccccc3-c3ccccc32)C1=O. The average molecular weight is 799 g/mol. The standard InChI is InChI=1S/C34H35IN6O9/c1-39(34(48)50-30-22-9-5-3-7-20(22)21-8-4-6-10-23(21)30)26(17-42)32(46)38-24(16-28(36)43)31(45)37-18-41-29(44)13-14-40(33(41)47)25-15-19(35)11-12-27(25)49-2/h3-12,15,24,26,30,42H,13-14,16-18H2,1-2H3,(H2,36,43)(H,37,45)(H,38,46)/t24-,26-/m0/s1. The zero-order valence-electron chi connectivity index (χ0n) is 27.1. The van der Waals surface area contributed by atoms with Crippen molar-refractivity contribution >= 4 is 64.0 Å². The number of urea groups is 1. The van der Waals surface area contributed by atoms with E-state index in [2.05, 4.69) is 33.2 Å². The van der Waals surface area contributed by atoms with Gasteiger partial charge in [0.15, 0.2) is 6.10 Å². The summed E-state index contributed by atoms with van der Waals surface area (Å²) in [4.78, 5) is 81.0. The number of aliphatic hydroxyl groups is 1. The fourth-order valence-corrected chi connectivity index (χ4v) is 6.31. The Morgan fingerprint density at radius 3 is 2.26 bits per heavy atom. The number of imide groups is 1. The minimum Gasteiger partial charge on any atom is -0.495 e. The van der Waals surface area contributed by atoms with Gasteiger partial charge in [-0.3, -0.25) is 29.0 Å². The topological polar surface area (TPSA) is 201 Å². The van der Waals surface area contributed by atoms with Gasteiger partial charge in [0.05, 0.1) is 25.8 Å². The minimum absolute atomic E-state index is 0.0453. The summed E-state index contributed by atoms with van der Waals surface area (Å²) in [6.45, 7) is -1.35. The van der Waals surface area contributed by atoms with Crippen molar-refractivity contribution in [3.05, 3.63) is 81.4 Å². The number of nitrogens with two attached hydrogens (primary N) is 1. The molecule has 50 heavy (non-hydrogen) atoms. The summed E-state index contributed by atoms with van der Waals surface area (Å²) in [5, 5.41) is 14.9. The molecule has 1 fully saturated rings. The Hall–Kier alpha value is -5.23. The van der Waals surface area contributed by atoms with Crippen LogP contribution in [0, 0.1) is 3.57 Å². The molecule has 0 saturated carbocycles. The fraction of sp³-hybridized carbons (Fsp3) is 0.294. The van der Waals surface area contributed by atoms with E-state index in [4.69, 9.17) is 15.2 Å². The van der Waals surface area contributed by atoms with Gasteiger partial charge in [0, 0.05) is 34.7 Å². The number of amides is 7. The maximum atomic E-state index is 13.4. The van der Waals surface area contributed by atoms with Crippen molar-refractivity contribution in [1.29, 1.82) is 0 Å². The van der Waals surface area contributed by atoms with Crippen LogP contribution in [-0.4, -0.2) is 96.7 Å². The molecule has 5 N–H and O–H groups in total. The van der Waals surface area contributed by atoms with E-state index in [1.807, 2.05) is 48.5 Å². The van der Waals surface area contributed by atoms with Gasteiger partial charge in [0.2, 0.25) is 23.6 Å². The second-order valence-electron chi connectivity index (χ2n) is 11.5. The number of anilines is 1. The van der Waals surface area contributed by atoms with Crippen LogP contribution in [0.3, 0.4) is 0 Å². The maximum absolute atomic E-state index is 13.4. The predicted molar refractivity (Wildman–Crippen MR) is 188 cm³/mol. The van der Waals surface area contributed by atoms with Crippen LogP contribution in [0.4, 0.5) is 15.3 Å². The molecule has 1 heterocycles. The summed E-state index contributed by atoms with van der Waals surface area (Å²) in [6.07, 6.45) is -2.40. The molecule has 1 saturated heterocycles. The number of carbonyl (C=O) groups is 6. The number of carbonyl (C=O) groups excluding carboxylic acids is 6. The highest BCUT2D eigenvalue weighted by Crippen LogP contribution is 2.45. The predicted octanol–water partition coefficient (Wildman–Crippen LogP) is 2.09. The molecule has 5 rings (SSSR count). The Morgan fingerprint density at radius 1 is 1.02 bits per heavy atom. The van der Waals surface area contributed by atoms with Crippen molar-refractivity contribution in [2.24, 2.45) is 5.73 Å². The third kappa shape index (κ3) is 7.50. The van der Waals surface area contributed by atoms with E-state index in [0.717, 1.165) is 35.6 Å². The van der Waals surface area contributed by atoms with Crippen LogP contribution in [0.5, 0.6) is 5.75 Å². The molecule has 0 bridgehead atoms. The molecule has 16 heteroatoms. The highest BCUT2D eigenvalue weighted by Gasteiger charge is 2.37. The number of rotatable bonds is 12. The normalized spacial score (nSPS) is 15.0. The molecule has 2 aliphatic rings. The number of aliphatic hydroxyl groups excluding tert-OH is 1. The van der Waals surface area contributed by atoms with E-state index < -0.39 is 73.6 Å². The second kappa shape index (κ2) is 15.5. The van der Waals surface area contributed by atoms with E-state index in [0.29, 0.717) is 11.4 Å². The molecule has 1 aliphatic carbocycles. The smallest absolute Gasteiger partial charge is 0.411 e. The summed E-state index contributed by atoms with van der Waals surface area (Å²) in [7, 11) is 2.70. The summed E-state index contributed by atoms with van der Waals surface area (Å²) in [6, 6.07) is 16.2. The molecule has 0 aromatic heterocycles. The van der Waals surface area contributed by atoms with Crippen LogP contribution in [0.1, 0.15) is 30.1 Å². The average Bonchev–Trinajstić information content (AvgIpc) is 3.41. The third-order valence-corrected chi connectivity index (χ3v) is 9.09. The molecule has 7 amide bonds. The van der Waals surface area contributed by atoms with Gasteiger partial charge in [0.1, 0.15) is 24.5 Å². The van der Waals surface area contributed by atoms with Gasteiger partial charge in [0.25, 0.3) is 0 Å². The first-order valence-electron chi connectivity index (χ1n) is 15.5. The molecule has 2 atom stereocenters. The van der Waals surface area contributed by atoms with E-state index in [1.54, 1.807) is 18.2 Å². The second-order valence-corrected chi connectivity index (χ2v) is 12.7. The van der Waals surface area contributed by atoms with Crippen LogP contribution < -0.4 is 26.0 Å². The van der Waals surface area contributed by atoms with Crippen molar-refractivity contribution in [3.63, 3.8) is 0 Å².